The fourth-order valence-corrected chi connectivity index (χ4v) is 2.25. The van der Waals surface area contributed by atoms with Crippen molar-refractivity contribution in [2.75, 3.05) is 11.9 Å². The van der Waals surface area contributed by atoms with Crippen LogP contribution in [0.3, 0.4) is 0 Å². The van der Waals surface area contributed by atoms with Gasteiger partial charge >= 0.3 is 0 Å². The number of benzene rings is 1. The van der Waals surface area contributed by atoms with Crippen molar-refractivity contribution in [1.82, 2.24) is 9.78 Å². The van der Waals surface area contributed by atoms with Gasteiger partial charge in [0.1, 0.15) is 5.69 Å². The third-order valence-corrected chi connectivity index (χ3v) is 3.26. The largest absolute Gasteiger partial charge is 0.379 e. The minimum Gasteiger partial charge on any atom is -0.379 e. The molecule has 0 bridgehead atoms. The second-order valence-electron chi connectivity index (χ2n) is 5.12. The zero-order chi connectivity index (χ0) is 15.4. The number of nitro benzene ring substituents is 1. The zero-order valence-corrected chi connectivity index (χ0v) is 12.6. The van der Waals surface area contributed by atoms with Crippen LogP contribution in [-0.4, -0.2) is 21.2 Å². The van der Waals surface area contributed by atoms with E-state index in [1.165, 1.54) is 0 Å². The number of hydrogen-bond acceptors (Lipinski definition) is 4. The highest BCUT2D eigenvalue weighted by Crippen LogP contribution is 2.26. The van der Waals surface area contributed by atoms with E-state index in [1.54, 1.807) is 12.1 Å². The van der Waals surface area contributed by atoms with Crippen LogP contribution in [0.4, 0.5) is 11.4 Å². The van der Waals surface area contributed by atoms with Crippen LogP contribution in [0, 0.1) is 24.0 Å². The summed E-state index contributed by atoms with van der Waals surface area (Å²) < 4.78 is 1.90. The summed E-state index contributed by atoms with van der Waals surface area (Å²) in [5.41, 5.74) is 3.72. The Kier molecular flexibility index (Phi) is 4.57. The second kappa shape index (κ2) is 6.39. The minimum atomic E-state index is -0.356. The summed E-state index contributed by atoms with van der Waals surface area (Å²) >= 11 is 0. The molecule has 0 aliphatic carbocycles. The van der Waals surface area contributed by atoms with Crippen LogP contribution in [-0.2, 0) is 6.54 Å². The molecule has 21 heavy (non-hydrogen) atoms. The predicted molar refractivity (Wildman–Crippen MR) is 82.7 cm³/mol. The Morgan fingerprint density at radius 3 is 2.67 bits per heavy atom. The molecule has 0 aliphatic heterocycles. The Balaban J connectivity index is 2.28. The summed E-state index contributed by atoms with van der Waals surface area (Å²) in [6.07, 6.45) is 0.916. The predicted octanol–water partition coefficient (Wildman–Crippen LogP) is 3.28. The van der Waals surface area contributed by atoms with Gasteiger partial charge < -0.3 is 5.32 Å². The lowest BCUT2D eigenvalue weighted by Gasteiger charge is -2.09. The van der Waals surface area contributed by atoms with Crippen molar-refractivity contribution in [2.45, 2.75) is 33.7 Å². The molecule has 0 amide bonds. The van der Waals surface area contributed by atoms with Gasteiger partial charge in [0.25, 0.3) is 5.69 Å². The molecule has 2 rings (SSSR count). The van der Waals surface area contributed by atoms with Gasteiger partial charge in [-0.1, -0.05) is 13.0 Å². The lowest BCUT2D eigenvalue weighted by atomic mass is 10.1. The van der Waals surface area contributed by atoms with E-state index in [0.29, 0.717) is 18.8 Å². The minimum absolute atomic E-state index is 0.112. The number of nitrogens with zero attached hydrogens (tertiary/aromatic N) is 3. The van der Waals surface area contributed by atoms with Crippen LogP contribution in [0.1, 0.15) is 30.3 Å². The molecule has 0 atom stereocenters. The molecular formula is C15H20N4O2. The first kappa shape index (κ1) is 15.0. The summed E-state index contributed by atoms with van der Waals surface area (Å²) in [7, 11) is 0. The van der Waals surface area contributed by atoms with Crippen LogP contribution in [0.25, 0.3) is 0 Å². The van der Waals surface area contributed by atoms with Crippen LogP contribution in [0.5, 0.6) is 0 Å². The van der Waals surface area contributed by atoms with E-state index in [4.69, 9.17) is 0 Å². The molecule has 112 valence electrons. The highest BCUT2D eigenvalue weighted by molar-refractivity contribution is 5.62. The van der Waals surface area contributed by atoms with E-state index < -0.39 is 0 Å². The first-order chi connectivity index (χ1) is 10.0. The van der Waals surface area contributed by atoms with E-state index >= 15 is 0 Å². The Labute approximate surface area is 123 Å². The summed E-state index contributed by atoms with van der Waals surface area (Å²) in [6, 6.07) is 7.19. The van der Waals surface area contributed by atoms with E-state index in [0.717, 1.165) is 23.4 Å². The molecule has 1 aromatic carbocycles. The fraction of sp³-hybridized carbons (Fsp3) is 0.400. The Bertz CT molecular complexity index is 649. The van der Waals surface area contributed by atoms with Gasteiger partial charge in [-0.05, 0) is 38.0 Å². The number of nitrogens with one attached hydrogen (secondary N) is 1. The summed E-state index contributed by atoms with van der Waals surface area (Å²) in [5.74, 6) is 0. The molecule has 2 aromatic rings. The lowest BCUT2D eigenvalue weighted by Crippen LogP contribution is -2.07. The molecule has 6 nitrogen and oxygen atoms in total. The number of anilines is 1. The molecule has 1 heterocycles. The standard InChI is InChI=1S/C15H20N4O2/c1-4-7-16-14-9-13(5-6-15(14)19(20)21)10-18-12(3)8-11(2)17-18/h5-6,8-9,16H,4,7,10H2,1-3H3. The summed E-state index contributed by atoms with van der Waals surface area (Å²) in [6.45, 7) is 7.30. The monoisotopic (exact) mass is 288 g/mol. The van der Waals surface area contributed by atoms with Gasteiger partial charge in [-0.25, -0.2) is 0 Å². The average Bonchev–Trinajstić information content (AvgIpc) is 2.74. The number of nitro groups is 1. The van der Waals surface area contributed by atoms with Crippen molar-refractivity contribution in [2.24, 2.45) is 0 Å². The maximum atomic E-state index is 11.1. The number of rotatable bonds is 6. The third-order valence-electron chi connectivity index (χ3n) is 3.26. The van der Waals surface area contributed by atoms with Gasteiger partial charge in [-0.2, -0.15) is 5.10 Å². The average molecular weight is 288 g/mol. The van der Waals surface area contributed by atoms with E-state index in [9.17, 15) is 10.1 Å². The number of aromatic nitrogens is 2. The number of aryl methyl sites for hydroxylation is 2. The van der Waals surface area contributed by atoms with Gasteiger partial charge in [-0.3, -0.25) is 14.8 Å². The molecule has 0 spiro atoms. The van der Waals surface area contributed by atoms with E-state index in [1.807, 2.05) is 37.6 Å². The molecule has 0 saturated heterocycles. The molecule has 6 heteroatoms. The third kappa shape index (κ3) is 3.59. The Hall–Kier alpha value is -2.37. The SMILES string of the molecule is CCCNc1cc(Cn2nc(C)cc2C)ccc1[N+](=O)[O-]. The Morgan fingerprint density at radius 1 is 1.33 bits per heavy atom. The Morgan fingerprint density at radius 2 is 2.10 bits per heavy atom. The molecule has 1 aromatic heterocycles. The number of hydrogen-bond donors (Lipinski definition) is 1. The van der Waals surface area contributed by atoms with E-state index in [2.05, 4.69) is 10.4 Å². The van der Waals surface area contributed by atoms with Gasteiger partial charge in [0.2, 0.25) is 0 Å². The molecule has 1 N–H and O–H groups in total. The van der Waals surface area contributed by atoms with Crippen molar-refractivity contribution >= 4 is 11.4 Å². The van der Waals surface area contributed by atoms with Crippen LogP contribution < -0.4 is 5.32 Å². The maximum absolute atomic E-state index is 11.1. The molecule has 0 saturated carbocycles. The van der Waals surface area contributed by atoms with Gasteiger partial charge in [0.05, 0.1) is 17.2 Å². The van der Waals surface area contributed by atoms with Gasteiger partial charge in [0.15, 0.2) is 0 Å². The van der Waals surface area contributed by atoms with Crippen molar-refractivity contribution in [3.05, 3.63) is 51.3 Å². The van der Waals surface area contributed by atoms with Crippen molar-refractivity contribution in [1.29, 1.82) is 0 Å². The van der Waals surface area contributed by atoms with Crippen LogP contribution >= 0.6 is 0 Å². The van der Waals surface area contributed by atoms with Gasteiger partial charge in [0, 0.05) is 18.3 Å². The van der Waals surface area contributed by atoms with Gasteiger partial charge in [-0.15, -0.1) is 0 Å². The quantitative estimate of drug-likeness (QED) is 0.654. The highest BCUT2D eigenvalue weighted by Gasteiger charge is 2.14. The molecule has 0 unspecified atom stereocenters. The topological polar surface area (TPSA) is 73.0 Å². The second-order valence-corrected chi connectivity index (χ2v) is 5.12. The highest BCUT2D eigenvalue weighted by atomic mass is 16.6. The lowest BCUT2D eigenvalue weighted by molar-refractivity contribution is -0.384. The van der Waals surface area contributed by atoms with E-state index in [-0.39, 0.29) is 10.6 Å². The maximum Gasteiger partial charge on any atom is 0.292 e. The summed E-state index contributed by atoms with van der Waals surface area (Å²) in [5, 5.41) is 18.6. The smallest absolute Gasteiger partial charge is 0.292 e. The van der Waals surface area contributed by atoms with Crippen LogP contribution in [0.2, 0.25) is 0 Å². The fourth-order valence-electron chi connectivity index (χ4n) is 2.25. The zero-order valence-electron chi connectivity index (χ0n) is 12.6. The first-order valence-electron chi connectivity index (χ1n) is 7.03. The summed E-state index contributed by atoms with van der Waals surface area (Å²) in [4.78, 5) is 10.7. The van der Waals surface area contributed by atoms with Crippen molar-refractivity contribution in [3.8, 4) is 0 Å². The van der Waals surface area contributed by atoms with Crippen molar-refractivity contribution in [3.63, 3.8) is 0 Å². The first-order valence-corrected chi connectivity index (χ1v) is 7.03. The normalized spacial score (nSPS) is 10.6. The molecular weight excluding hydrogens is 268 g/mol. The molecule has 0 fully saturated rings. The van der Waals surface area contributed by atoms with Crippen LogP contribution in [0.15, 0.2) is 24.3 Å². The van der Waals surface area contributed by atoms with Crippen molar-refractivity contribution < 1.29 is 4.92 Å². The molecule has 0 radical (unpaired) electrons. The molecule has 0 aliphatic rings.